The van der Waals surface area contributed by atoms with Crippen molar-refractivity contribution in [3.63, 3.8) is 0 Å². The van der Waals surface area contributed by atoms with Crippen LogP contribution in [0.5, 0.6) is 0 Å². The number of aryl methyl sites for hydroxylation is 2. The Balaban J connectivity index is 1.99. The Morgan fingerprint density at radius 2 is 1.91 bits per heavy atom. The third kappa shape index (κ3) is 4.35. The van der Waals surface area contributed by atoms with E-state index in [-0.39, 0.29) is 12.0 Å². The van der Waals surface area contributed by atoms with Gasteiger partial charge in [-0.25, -0.2) is 13.2 Å². The molecule has 0 saturated carbocycles. The van der Waals surface area contributed by atoms with E-state index in [1.54, 1.807) is 19.1 Å². The number of carbonyl (C=O) groups is 1. The molecule has 7 heteroatoms. The Hall–Kier alpha value is -2.28. The number of carbonyl (C=O) groups excluding carboxylic acids is 1. The molecular formula is C16H16F3NO3. The van der Waals surface area contributed by atoms with Crippen LogP contribution >= 0.6 is 0 Å². The minimum absolute atomic E-state index is 0.0499. The van der Waals surface area contributed by atoms with Crippen LogP contribution in [0.4, 0.5) is 13.2 Å². The smallest absolute Gasteiger partial charge is 0.221 e. The number of rotatable bonds is 6. The number of benzene rings is 1. The quantitative estimate of drug-likeness (QED) is 0.802. The summed E-state index contributed by atoms with van der Waals surface area (Å²) in [6, 6.07) is 3.99. The Kier molecular flexibility index (Phi) is 5.44. The number of furan rings is 1. The lowest BCUT2D eigenvalue weighted by Gasteiger charge is -2.17. The molecule has 2 N–H and O–H groups in total. The first-order valence-electron chi connectivity index (χ1n) is 7.00. The van der Waals surface area contributed by atoms with E-state index in [9.17, 15) is 23.1 Å². The van der Waals surface area contributed by atoms with Gasteiger partial charge < -0.3 is 14.8 Å². The lowest BCUT2D eigenvalue weighted by Crippen LogP contribution is -2.31. The normalized spacial score (nSPS) is 12.2. The SMILES string of the molecule is Cc1ccc(CCC(=O)NC(CO)c2cc(F)c(F)c(F)c2)o1. The van der Waals surface area contributed by atoms with Gasteiger partial charge in [-0.2, -0.15) is 0 Å². The Bertz CT molecular complexity index is 677. The highest BCUT2D eigenvalue weighted by Crippen LogP contribution is 2.19. The molecule has 0 aliphatic rings. The minimum Gasteiger partial charge on any atom is -0.466 e. The fraction of sp³-hybridized carbons (Fsp3) is 0.312. The molecule has 2 aromatic rings. The van der Waals surface area contributed by atoms with Crippen LogP contribution in [-0.4, -0.2) is 17.6 Å². The molecule has 0 aliphatic heterocycles. The highest BCUT2D eigenvalue weighted by Gasteiger charge is 2.19. The molecule has 124 valence electrons. The van der Waals surface area contributed by atoms with Crippen molar-refractivity contribution < 1.29 is 27.5 Å². The van der Waals surface area contributed by atoms with Crippen LogP contribution in [0.25, 0.3) is 0 Å². The van der Waals surface area contributed by atoms with Crippen LogP contribution in [0.15, 0.2) is 28.7 Å². The summed E-state index contributed by atoms with van der Waals surface area (Å²) < 4.78 is 44.7. The molecule has 4 nitrogen and oxygen atoms in total. The molecule has 0 saturated heterocycles. The van der Waals surface area contributed by atoms with Crippen molar-refractivity contribution in [2.45, 2.75) is 25.8 Å². The molecule has 1 atom stereocenters. The summed E-state index contributed by atoms with van der Waals surface area (Å²) in [6.07, 6.45) is 0.430. The molecule has 1 heterocycles. The second-order valence-electron chi connectivity index (χ2n) is 5.11. The van der Waals surface area contributed by atoms with Gasteiger partial charge in [0.05, 0.1) is 12.6 Å². The van der Waals surface area contributed by atoms with Crippen LogP contribution in [-0.2, 0) is 11.2 Å². The highest BCUT2D eigenvalue weighted by atomic mass is 19.2. The molecule has 1 unspecified atom stereocenters. The summed E-state index contributed by atoms with van der Waals surface area (Å²) in [6.45, 7) is 1.21. The first kappa shape index (κ1) is 17.1. The van der Waals surface area contributed by atoms with E-state index in [0.717, 1.165) is 17.9 Å². The third-order valence-electron chi connectivity index (χ3n) is 3.32. The van der Waals surface area contributed by atoms with Gasteiger partial charge in [-0.3, -0.25) is 4.79 Å². The summed E-state index contributed by atoms with van der Waals surface area (Å²) in [7, 11) is 0. The summed E-state index contributed by atoms with van der Waals surface area (Å²) in [4.78, 5) is 11.9. The van der Waals surface area contributed by atoms with E-state index in [0.29, 0.717) is 12.2 Å². The predicted molar refractivity (Wildman–Crippen MR) is 76.1 cm³/mol. The molecule has 2 rings (SSSR count). The van der Waals surface area contributed by atoms with Gasteiger partial charge in [-0.05, 0) is 36.8 Å². The molecule has 0 aliphatic carbocycles. The van der Waals surface area contributed by atoms with E-state index in [4.69, 9.17) is 4.42 Å². The van der Waals surface area contributed by atoms with Crippen molar-refractivity contribution in [2.24, 2.45) is 0 Å². The summed E-state index contributed by atoms with van der Waals surface area (Å²) in [5.74, 6) is -3.41. The van der Waals surface area contributed by atoms with Crippen LogP contribution in [0, 0.1) is 24.4 Å². The fourth-order valence-corrected chi connectivity index (χ4v) is 2.13. The number of halogens is 3. The molecule has 23 heavy (non-hydrogen) atoms. The molecule has 1 aromatic carbocycles. The van der Waals surface area contributed by atoms with Crippen molar-refractivity contribution in [2.75, 3.05) is 6.61 Å². The van der Waals surface area contributed by atoms with E-state index in [2.05, 4.69) is 5.32 Å². The Labute approximate surface area is 130 Å². The van der Waals surface area contributed by atoms with Crippen molar-refractivity contribution in [1.82, 2.24) is 5.32 Å². The first-order valence-corrected chi connectivity index (χ1v) is 7.00. The number of hydrogen-bond acceptors (Lipinski definition) is 3. The Morgan fingerprint density at radius 1 is 1.26 bits per heavy atom. The van der Waals surface area contributed by atoms with Gasteiger partial charge in [-0.1, -0.05) is 0 Å². The number of amides is 1. The van der Waals surface area contributed by atoms with Crippen LogP contribution in [0.3, 0.4) is 0 Å². The maximum absolute atomic E-state index is 13.2. The van der Waals surface area contributed by atoms with Gasteiger partial charge in [0.25, 0.3) is 0 Å². The average Bonchev–Trinajstić information content (AvgIpc) is 2.93. The Morgan fingerprint density at radius 3 is 2.43 bits per heavy atom. The maximum atomic E-state index is 13.2. The molecule has 0 radical (unpaired) electrons. The molecule has 0 spiro atoms. The monoisotopic (exact) mass is 327 g/mol. The standard InChI is InChI=1S/C16H16F3NO3/c1-9-2-3-11(23-9)4-5-15(22)20-14(8-21)10-6-12(17)16(19)13(18)7-10/h2-3,6-7,14,21H,4-5,8H2,1H3,(H,20,22). The van der Waals surface area contributed by atoms with E-state index in [1.807, 2.05) is 0 Å². The van der Waals surface area contributed by atoms with Gasteiger partial charge >= 0.3 is 0 Å². The van der Waals surface area contributed by atoms with Crippen molar-refractivity contribution in [1.29, 1.82) is 0 Å². The lowest BCUT2D eigenvalue weighted by atomic mass is 10.1. The zero-order valence-electron chi connectivity index (χ0n) is 12.4. The molecule has 1 aromatic heterocycles. The number of aliphatic hydroxyl groups is 1. The first-order chi connectivity index (χ1) is 10.9. The topological polar surface area (TPSA) is 62.5 Å². The average molecular weight is 327 g/mol. The second kappa shape index (κ2) is 7.32. The van der Waals surface area contributed by atoms with Crippen LogP contribution in [0.1, 0.15) is 29.5 Å². The number of hydrogen-bond donors (Lipinski definition) is 2. The minimum atomic E-state index is -1.59. The van der Waals surface area contributed by atoms with Gasteiger partial charge in [-0.15, -0.1) is 0 Å². The van der Waals surface area contributed by atoms with Crippen molar-refractivity contribution >= 4 is 5.91 Å². The summed E-state index contributed by atoms with van der Waals surface area (Å²) in [5.41, 5.74) is -0.0499. The van der Waals surface area contributed by atoms with E-state index in [1.165, 1.54) is 0 Å². The van der Waals surface area contributed by atoms with Crippen LogP contribution in [0.2, 0.25) is 0 Å². The molecule has 0 fully saturated rings. The van der Waals surface area contributed by atoms with Crippen molar-refractivity contribution in [3.05, 3.63) is 58.8 Å². The fourth-order valence-electron chi connectivity index (χ4n) is 2.13. The number of nitrogens with one attached hydrogen (secondary N) is 1. The maximum Gasteiger partial charge on any atom is 0.221 e. The summed E-state index contributed by atoms with van der Waals surface area (Å²) >= 11 is 0. The van der Waals surface area contributed by atoms with Gasteiger partial charge in [0.15, 0.2) is 17.5 Å². The zero-order chi connectivity index (χ0) is 17.0. The third-order valence-corrected chi connectivity index (χ3v) is 3.32. The van der Waals surface area contributed by atoms with Gasteiger partial charge in [0.2, 0.25) is 5.91 Å². The highest BCUT2D eigenvalue weighted by molar-refractivity contribution is 5.76. The molecular weight excluding hydrogens is 311 g/mol. The van der Waals surface area contributed by atoms with Gasteiger partial charge in [0.1, 0.15) is 11.5 Å². The van der Waals surface area contributed by atoms with E-state index < -0.39 is 36.0 Å². The van der Waals surface area contributed by atoms with Crippen LogP contribution < -0.4 is 5.32 Å². The van der Waals surface area contributed by atoms with Gasteiger partial charge in [0, 0.05) is 12.8 Å². The molecule has 1 amide bonds. The number of aliphatic hydroxyl groups excluding tert-OH is 1. The van der Waals surface area contributed by atoms with Crippen molar-refractivity contribution in [3.8, 4) is 0 Å². The zero-order valence-corrected chi connectivity index (χ0v) is 12.4. The molecule has 0 bridgehead atoms. The lowest BCUT2D eigenvalue weighted by molar-refractivity contribution is -0.122. The summed E-state index contributed by atoms with van der Waals surface area (Å²) in [5, 5.41) is 11.7. The largest absolute Gasteiger partial charge is 0.466 e. The van der Waals surface area contributed by atoms with E-state index >= 15 is 0 Å². The second-order valence-corrected chi connectivity index (χ2v) is 5.11. The predicted octanol–water partition coefficient (Wildman–Crippen LogP) is 2.79.